The van der Waals surface area contributed by atoms with Gasteiger partial charge in [0.15, 0.2) is 4.34 Å². The summed E-state index contributed by atoms with van der Waals surface area (Å²) in [6, 6.07) is 5.67. The van der Waals surface area contributed by atoms with Gasteiger partial charge >= 0.3 is 6.03 Å². The van der Waals surface area contributed by atoms with E-state index < -0.39 is 16.8 Å². The summed E-state index contributed by atoms with van der Waals surface area (Å²) in [4.78, 5) is 24.1. The first-order chi connectivity index (χ1) is 13.1. The second-order valence-corrected chi connectivity index (χ2v) is 9.98. The van der Waals surface area contributed by atoms with E-state index in [1.54, 1.807) is 6.92 Å². The number of rotatable bonds is 6. The van der Waals surface area contributed by atoms with Gasteiger partial charge in [0, 0.05) is 11.2 Å². The molecule has 0 radical (unpaired) electrons. The number of carbonyl (C=O) groups is 2. The molecule has 3 N–H and O–H groups in total. The molecule has 1 aromatic carbocycles. The third-order valence-corrected chi connectivity index (χ3v) is 5.77. The molecule has 0 fully saturated rings. The topological polar surface area (TPSA) is 96.0 Å². The molecule has 0 saturated heterocycles. The van der Waals surface area contributed by atoms with Crippen LogP contribution in [-0.2, 0) is 11.2 Å². The molecule has 1 unspecified atom stereocenters. The predicted octanol–water partition coefficient (Wildman–Crippen LogP) is 4.26. The zero-order valence-electron chi connectivity index (χ0n) is 17.0. The van der Waals surface area contributed by atoms with Crippen molar-refractivity contribution < 1.29 is 9.59 Å². The van der Waals surface area contributed by atoms with Gasteiger partial charge in [-0.2, -0.15) is 0 Å². The summed E-state index contributed by atoms with van der Waals surface area (Å²) in [7, 11) is 0. The third-order valence-electron chi connectivity index (χ3n) is 3.75. The van der Waals surface area contributed by atoms with Crippen LogP contribution in [0.4, 0.5) is 15.6 Å². The van der Waals surface area contributed by atoms with Gasteiger partial charge in [0.25, 0.3) is 0 Å². The summed E-state index contributed by atoms with van der Waals surface area (Å²) in [5, 5.41) is 16.9. The Hall–Kier alpha value is -2.13. The smallest absolute Gasteiger partial charge is 0.321 e. The Balaban J connectivity index is 1.97. The van der Waals surface area contributed by atoms with Crippen LogP contribution >= 0.6 is 23.1 Å². The number of benzene rings is 1. The van der Waals surface area contributed by atoms with Gasteiger partial charge in [-0.15, -0.1) is 10.2 Å². The molecule has 1 aromatic heterocycles. The maximum atomic E-state index is 12.2. The minimum Gasteiger partial charge on any atom is -0.333 e. The number of nitrogens with one attached hydrogen (secondary N) is 3. The average Bonchev–Trinajstić information content (AvgIpc) is 3.01. The summed E-state index contributed by atoms with van der Waals surface area (Å²) in [5.41, 5.74) is 2.98. The van der Waals surface area contributed by atoms with E-state index in [9.17, 15) is 9.59 Å². The van der Waals surface area contributed by atoms with E-state index in [-0.39, 0.29) is 5.91 Å². The number of amides is 3. The molecule has 0 spiro atoms. The molecule has 1 heterocycles. The van der Waals surface area contributed by atoms with Gasteiger partial charge in [0.2, 0.25) is 11.0 Å². The highest BCUT2D eigenvalue weighted by Gasteiger charge is 2.21. The molecule has 0 bridgehead atoms. The molecule has 0 aliphatic carbocycles. The molecule has 2 rings (SSSR count). The van der Waals surface area contributed by atoms with Crippen molar-refractivity contribution in [3.63, 3.8) is 0 Å². The molecular formula is C19H27N5O2S2. The normalized spacial score (nSPS) is 12.4. The number of anilines is 2. The lowest BCUT2D eigenvalue weighted by molar-refractivity contribution is -0.119. The Morgan fingerprint density at radius 2 is 1.96 bits per heavy atom. The lowest BCUT2D eigenvalue weighted by Gasteiger charge is -2.20. The quantitative estimate of drug-likeness (QED) is 0.603. The number of para-hydroxylation sites is 1. The second kappa shape index (κ2) is 9.38. The number of aromatic nitrogens is 2. The van der Waals surface area contributed by atoms with E-state index in [1.807, 2.05) is 39.8 Å². The number of hydrogen-bond donors (Lipinski definition) is 3. The highest BCUT2D eigenvalue weighted by molar-refractivity contribution is 8.02. The zero-order chi connectivity index (χ0) is 20.9. The third kappa shape index (κ3) is 6.49. The molecule has 9 heteroatoms. The van der Waals surface area contributed by atoms with Crippen molar-refractivity contribution >= 4 is 45.9 Å². The van der Waals surface area contributed by atoms with Crippen molar-refractivity contribution in [1.29, 1.82) is 0 Å². The minimum absolute atomic E-state index is 0.372. The number of imide groups is 1. The van der Waals surface area contributed by atoms with Crippen molar-refractivity contribution in [2.75, 3.05) is 5.32 Å². The van der Waals surface area contributed by atoms with Crippen molar-refractivity contribution in [1.82, 2.24) is 20.8 Å². The maximum absolute atomic E-state index is 12.2. The lowest BCUT2D eigenvalue weighted by atomic mass is 10.1. The van der Waals surface area contributed by atoms with E-state index in [4.69, 9.17) is 0 Å². The van der Waals surface area contributed by atoms with Crippen LogP contribution in [0.15, 0.2) is 22.5 Å². The molecule has 1 atom stereocenters. The summed E-state index contributed by atoms with van der Waals surface area (Å²) in [6.07, 6.45) is 0.915. The van der Waals surface area contributed by atoms with E-state index in [0.29, 0.717) is 9.47 Å². The Labute approximate surface area is 174 Å². The van der Waals surface area contributed by atoms with Crippen LogP contribution in [-0.4, -0.2) is 32.9 Å². The number of thioether (sulfide) groups is 1. The first kappa shape index (κ1) is 22.2. The van der Waals surface area contributed by atoms with Crippen LogP contribution in [0.1, 0.15) is 45.7 Å². The molecule has 0 aliphatic heterocycles. The van der Waals surface area contributed by atoms with Crippen molar-refractivity contribution in [2.45, 2.75) is 63.1 Å². The van der Waals surface area contributed by atoms with E-state index in [1.165, 1.54) is 28.7 Å². The number of urea groups is 1. The van der Waals surface area contributed by atoms with Gasteiger partial charge in [0.1, 0.15) is 0 Å². The molecule has 28 heavy (non-hydrogen) atoms. The van der Waals surface area contributed by atoms with Gasteiger partial charge in [-0.1, -0.05) is 48.2 Å². The van der Waals surface area contributed by atoms with Gasteiger partial charge < -0.3 is 10.6 Å². The van der Waals surface area contributed by atoms with Gasteiger partial charge in [-0.25, -0.2) is 4.79 Å². The SMILES string of the molecule is CCc1cccc(C)c1Nc1nnc(SC(C)C(=O)NC(=O)NC(C)(C)C)s1. The van der Waals surface area contributed by atoms with E-state index >= 15 is 0 Å². The molecular weight excluding hydrogens is 394 g/mol. The molecule has 3 amide bonds. The Morgan fingerprint density at radius 1 is 1.25 bits per heavy atom. The fourth-order valence-corrected chi connectivity index (χ4v) is 4.31. The first-order valence-corrected chi connectivity index (χ1v) is 10.8. The van der Waals surface area contributed by atoms with Gasteiger partial charge in [0.05, 0.1) is 5.25 Å². The van der Waals surface area contributed by atoms with Crippen LogP contribution in [0.5, 0.6) is 0 Å². The maximum Gasteiger partial charge on any atom is 0.321 e. The minimum atomic E-state index is -0.504. The van der Waals surface area contributed by atoms with Crippen molar-refractivity contribution in [3.8, 4) is 0 Å². The first-order valence-electron chi connectivity index (χ1n) is 9.07. The highest BCUT2D eigenvalue weighted by Crippen LogP contribution is 2.32. The lowest BCUT2D eigenvalue weighted by Crippen LogP contribution is -2.49. The summed E-state index contributed by atoms with van der Waals surface area (Å²) in [6.45, 7) is 11.4. The molecule has 152 valence electrons. The zero-order valence-corrected chi connectivity index (χ0v) is 18.7. The highest BCUT2D eigenvalue weighted by atomic mass is 32.2. The second-order valence-electron chi connectivity index (χ2n) is 7.41. The van der Waals surface area contributed by atoms with E-state index in [2.05, 4.69) is 39.1 Å². The number of nitrogens with zero attached hydrogens (tertiary/aromatic N) is 2. The molecule has 7 nitrogen and oxygen atoms in total. The number of carbonyl (C=O) groups excluding carboxylic acids is 2. The standard InChI is InChI=1S/C19H27N5O2S2/c1-7-13-10-8-9-11(2)14(13)20-17-23-24-18(28-17)27-12(3)15(25)21-16(26)22-19(4,5)6/h8-10,12H,7H2,1-6H3,(H,20,23)(H2,21,22,25,26). The van der Waals surface area contributed by atoms with Crippen LogP contribution in [0.3, 0.4) is 0 Å². The fourth-order valence-electron chi connectivity index (χ4n) is 2.41. The monoisotopic (exact) mass is 421 g/mol. The van der Waals surface area contributed by atoms with Crippen molar-refractivity contribution in [2.24, 2.45) is 0 Å². The summed E-state index contributed by atoms with van der Waals surface area (Å²) >= 11 is 2.65. The molecule has 2 aromatic rings. The summed E-state index contributed by atoms with van der Waals surface area (Å²) < 4.78 is 0.660. The van der Waals surface area contributed by atoms with Crippen molar-refractivity contribution in [3.05, 3.63) is 29.3 Å². The van der Waals surface area contributed by atoms with Crippen LogP contribution in [0.2, 0.25) is 0 Å². The number of aryl methyl sites for hydroxylation is 2. The van der Waals surface area contributed by atoms with Crippen LogP contribution in [0, 0.1) is 6.92 Å². The van der Waals surface area contributed by atoms with Crippen LogP contribution < -0.4 is 16.0 Å². The Kier molecular flexibility index (Phi) is 7.42. The van der Waals surface area contributed by atoms with Gasteiger partial charge in [-0.3, -0.25) is 10.1 Å². The Bertz CT molecular complexity index is 845. The predicted molar refractivity (Wildman–Crippen MR) is 115 cm³/mol. The van der Waals surface area contributed by atoms with Gasteiger partial charge in [-0.05, 0) is 52.2 Å². The number of hydrogen-bond acceptors (Lipinski definition) is 7. The largest absolute Gasteiger partial charge is 0.333 e. The fraction of sp³-hybridized carbons (Fsp3) is 0.474. The molecule has 0 saturated carbocycles. The van der Waals surface area contributed by atoms with Crippen LogP contribution in [0.25, 0.3) is 0 Å². The Morgan fingerprint density at radius 3 is 2.61 bits per heavy atom. The molecule has 0 aliphatic rings. The van der Waals surface area contributed by atoms with E-state index in [0.717, 1.165) is 17.7 Å². The summed E-state index contributed by atoms with van der Waals surface area (Å²) in [5.74, 6) is -0.372. The average molecular weight is 422 g/mol.